The molecule has 0 saturated heterocycles. The van der Waals surface area contributed by atoms with Crippen molar-refractivity contribution >= 4 is 21.8 Å². The number of benzene rings is 2. The van der Waals surface area contributed by atoms with E-state index >= 15 is 0 Å². The lowest BCUT2D eigenvalue weighted by Crippen LogP contribution is -2.40. The van der Waals surface area contributed by atoms with Crippen LogP contribution in [-0.2, 0) is 0 Å². The second-order valence-electron chi connectivity index (χ2n) is 4.87. The van der Waals surface area contributed by atoms with E-state index in [1.165, 1.54) is 6.07 Å². The number of ether oxygens (including phenoxy) is 2. The summed E-state index contributed by atoms with van der Waals surface area (Å²) in [5, 5.41) is 12.5. The molecule has 2 N–H and O–H groups in total. The van der Waals surface area contributed by atoms with Crippen molar-refractivity contribution in [3.8, 4) is 17.2 Å². The molecule has 0 radical (unpaired) electrons. The summed E-state index contributed by atoms with van der Waals surface area (Å²) in [7, 11) is 0. The molecule has 2 aromatic carbocycles. The first kappa shape index (κ1) is 14.7. The molecule has 1 aliphatic rings. The van der Waals surface area contributed by atoms with Crippen molar-refractivity contribution in [2.45, 2.75) is 6.10 Å². The smallest absolute Gasteiger partial charge is 0.255 e. The third kappa shape index (κ3) is 3.17. The summed E-state index contributed by atoms with van der Waals surface area (Å²) in [4.78, 5) is 12.1. The van der Waals surface area contributed by atoms with Crippen LogP contribution in [0.2, 0.25) is 0 Å². The van der Waals surface area contributed by atoms with E-state index in [9.17, 15) is 9.90 Å². The lowest BCUT2D eigenvalue weighted by molar-refractivity contribution is 0.0787. The molecule has 5 nitrogen and oxygen atoms in total. The highest BCUT2D eigenvalue weighted by atomic mass is 79.9. The molecular weight excluding hydrogens is 350 g/mol. The quantitative estimate of drug-likeness (QED) is 0.879. The van der Waals surface area contributed by atoms with Gasteiger partial charge in [0.05, 0.1) is 12.1 Å². The highest BCUT2D eigenvalue weighted by Gasteiger charge is 2.21. The maximum absolute atomic E-state index is 12.1. The molecule has 0 fully saturated rings. The summed E-state index contributed by atoms with van der Waals surface area (Å²) < 4.78 is 12.1. The molecule has 0 unspecified atom stereocenters. The highest BCUT2D eigenvalue weighted by Crippen LogP contribution is 2.30. The van der Waals surface area contributed by atoms with Gasteiger partial charge in [-0.2, -0.15) is 0 Å². The largest absolute Gasteiger partial charge is 0.507 e. The van der Waals surface area contributed by atoms with Gasteiger partial charge in [0.25, 0.3) is 5.91 Å². The number of halogens is 1. The molecule has 1 aliphatic heterocycles. The Morgan fingerprint density at radius 1 is 1.27 bits per heavy atom. The van der Waals surface area contributed by atoms with Crippen molar-refractivity contribution in [1.29, 1.82) is 0 Å². The van der Waals surface area contributed by atoms with Crippen LogP contribution in [0.5, 0.6) is 17.2 Å². The van der Waals surface area contributed by atoms with E-state index in [-0.39, 0.29) is 23.3 Å². The number of carbonyl (C=O) groups is 1. The van der Waals surface area contributed by atoms with Gasteiger partial charge in [-0.25, -0.2) is 0 Å². The second-order valence-corrected chi connectivity index (χ2v) is 5.78. The van der Waals surface area contributed by atoms with Crippen LogP contribution < -0.4 is 14.8 Å². The van der Waals surface area contributed by atoms with Gasteiger partial charge >= 0.3 is 0 Å². The molecule has 0 aromatic heterocycles. The number of para-hydroxylation sites is 2. The van der Waals surface area contributed by atoms with E-state index in [0.29, 0.717) is 24.7 Å². The zero-order valence-corrected chi connectivity index (χ0v) is 13.2. The Morgan fingerprint density at radius 2 is 2.05 bits per heavy atom. The van der Waals surface area contributed by atoms with Crippen LogP contribution in [0.25, 0.3) is 0 Å². The number of aromatic hydroxyl groups is 1. The summed E-state index contributed by atoms with van der Waals surface area (Å²) in [5.74, 6) is 0.945. The Hall–Kier alpha value is -2.21. The molecule has 3 rings (SSSR count). The Bertz CT molecular complexity index is 704. The van der Waals surface area contributed by atoms with Crippen molar-refractivity contribution in [1.82, 2.24) is 5.32 Å². The molecule has 114 valence electrons. The molecular formula is C16H14BrNO4. The van der Waals surface area contributed by atoms with Crippen molar-refractivity contribution in [2.75, 3.05) is 13.2 Å². The van der Waals surface area contributed by atoms with Crippen molar-refractivity contribution in [3.05, 3.63) is 52.5 Å². The number of phenols is 1. The number of nitrogens with one attached hydrogen (secondary N) is 1. The monoisotopic (exact) mass is 363 g/mol. The maximum atomic E-state index is 12.1. The minimum atomic E-state index is -0.360. The first-order valence-corrected chi connectivity index (χ1v) is 7.58. The van der Waals surface area contributed by atoms with E-state index in [4.69, 9.17) is 9.47 Å². The van der Waals surface area contributed by atoms with Gasteiger partial charge in [-0.3, -0.25) is 4.79 Å². The molecule has 0 bridgehead atoms. The fraction of sp³-hybridized carbons (Fsp3) is 0.188. The zero-order valence-electron chi connectivity index (χ0n) is 11.6. The van der Waals surface area contributed by atoms with Crippen molar-refractivity contribution in [2.24, 2.45) is 0 Å². The number of fused-ring (bicyclic) bond motifs is 1. The summed E-state index contributed by atoms with van der Waals surface area (Å²) >= 11 is 3.27. The summed E-state index contributed by atoms with van der Waals surface area (Å²) in [6.45, 7) is 0.654. The Balaban J connectivity index is 1.61. The predicted molar refractivity (Wildman–Crippen MR) is 84.5 cm³/mol. The van der Waals surface area contributed by atoms with Gasteiger partial charge in [0.1, 0.15) is 18.5 Å². The minimum absolute atomic E-state index is 0.0631. The molecule has 1 atom stereocenters. The SMILES string of the molecule is O=C(NC[C@H]1COc2ccccc2O1)c1cc(Br)ccc1O. The van der Waals surface area contributed by atoms with Gasteiger partial charge in [0, 0.05) is 4.47 Å². The fourth-order valence-electron chi connectivity index (χ4n) is 2.16. The predicted octanol–water partition coefficient (Wildman–Crippen LogP) is 2.72. The molecule has 22 heavy (non-hydrogen) atoms. The molecule has 6 heteroatoms. The molecule has 2 aromatic rings. The van der Waals surface area contributed by atoms with Crippen LogP contribution in [0.1, 0.15) is 10.4 Å². The van der Waals surface area contributed by atoms with Crippen LogP contribution in [0.15, 0.2) is 46.9 Å². The van der Waals surface area contributed by atoms with Crippen LogP contribution in [0, 0.1) is 0 Å². The van der Waals surface area contributed by atoms with Crippen LogP contribution >= 0.6 is 15.9 Å². The van der Waals surface area contributed by atoms with Crippen LogP contribution in [0.4, 0.5) is 0 Å². The Morgan fingerprint density at radius 3 is 2.86 bits per heavy atom. The number of phenolic OH excluding ortho intramolecular Hbond substituents is 1. The lowest BCUT2D eigenvalue weighted by atomic mass is 10.2. The second kappa shape index (κ2) is 6.27. The normalized spacial score (nSPS) is 16.1. The maximum Gasteiger partial charge on any atom is 0.255 e. The van der Waals surface area contributed by atoms with E-state index in [1.54, 1.807) is 12.1 Å². The van der Waals surface area contributed by atoms with E-state index in [0.717, 1.165) is 4.47 Å². The summed E-state index contributed by atoms with van der Waals surface area (Å²) in [6.07, 6.45) is -0.270. The average Bonchev–Trinajstić information content (AvgIpc) is 2.54. The number of hydrogen-bond acceptors (Lipinski definition) is 4. The minimum Gasteiger partial charge on any atom is -0.507 e. The van der Waals surface area contributed by atoms with Crippen LogP contribution in [-0.4, -0.2) is 30.3 Å². The third-order valence-corrected chi connectivity index (χ3v) is 3.75. The van der Waals surface area contributed by atoms with Crippen LogP contribution in [0.3, 0.4) is 0 Å². The Labute approximate surface area is 136 Å². The van der Waals surface area contributed by atoms with Gasteiger partial charge in [0.15, 0.2) is 11.5 Å². The molecule has 0 aliphatic carbocycles. The molecule has 0 spiro atoms. The molecule has 1 heterocycles. The highest BCUT2D eigenvalue weighted by molar-refractivity contribution is 9.10. The first-order valence-electron chi connectivity index (χ1n) is 6.78. The molecule has 1 amide bonds. The first-order chi connectivity index (χ1) is 10.6. The van der Waals surface area contributed by atoms with E-state index in [2.05, 4.69) is 21.2 Å². The van der Waals surface area contributed by atoms with Gasteiger partial charge < -0.3 is 19.9 Å². The number of hydrogen-bond donors (Lipinski definition) is 2. The van der Waals surface area contributed by atoms with Crippen molar-refractivity contribution in [3.63, 3.8) is 0 Å². The summed E-state index contributed by atoms with van der Waals surface area (Å²) in [5.41, 5.74) is 0.214. The van der Waals surface area contributed by atoms with E-state index < -0.39 is 0 Å². The average molecular weight is 364 g/mol. The Kier molecular flexibility index (Phi) is 4.20. The lowest BCUT2D eigenvalue weighted by Gasteiger charge is -2.26. The fourth-order valence-corrected chi connectivity index (χ4v) is 2.52. The standard InChI is InChI=1S/C16H14BrNO4/c17-10-5-6-13(19)12(7-10)16(20)18-8-11-9-21-14-3-1-2-4-15(14)22-11/h1-7,11,19H,8-9H2,(H,18,20)/t11-/m0/s1. The van der Waals surface area contributed by atoms with Gasteiger partial charge in [0.2, 0.25) is 0 Å². The molecule has 0 saturated carbocycles. The topological polar surface area (TPSA) is 67.8 Å². The van der Waals surface area contributed by atoms with E-state index in [1.807, 2.05) is 24.3 Å². The number of rotatable bonds is 3. The van der Waals surface area contributed by atoms with Gasteiger partial charge in [-0.15, -0.1) is 0 Å². The van der Waals surface area contributed by atoms with Crippen molar-refractivity contribution < 1.29 is 19.4 Å². The summed E-state index contributed by atoms with van der Waals surface area (Å²) in [6, 6.07) is 12.1. The van der Waals surface area contributed by atoms with Gasteiger partial charge in [-0.05, 0) is 30.3 Å². The number of amides is 1. The third-order valence-electron chi connectivity index (χ3n) is 3.26. The number of carbonyl (C=O) groups excluding carboxylic acids is 1. The van der Waals surface area contributed by atoms with Gasteiger partial charge in [-0.1, -0.05) is 28.1 Å². The zero-order chi connectivity index (χ0) is 15.5.